The van der Waals surface area contributed by atoms with Crippen molar-refractivity contribution in [2.24, 2.45) is 11.3 Å². The molecule has 0 heteroatoms. The first-order chi connectivity index (χ1) is 14.0. The molecule has 0 aliphatic heterocycles. The van der Waals surface area contributed by atoms with Crippen molar-refractivity contribution < 1.29 is 0 Å². The number of aryl methyl sites for hydroxylation is 1. The summed E-state index contributed by atoms with van der Waals surface area (Å²) in [6, 6.07) is 33.1. The van der Waals surface area contributed by atoms with E-state index < -0.39 is 0 Å². The van der Waals surface area contributed by atoms with E-state index in [9.17, 15) is 0 Å². The van der Waals surface area contributed by atoms with Crippen LogP contribution in [-0.4, -0.2) is 0 Å². The van der Waals surface area contributed by atoms with Gasteiger partial charge in [0.2, 0.25) is 0 Å². The Morgan fingerprint density at radius 3 is 1.69 bits per heavy atom. The molecule has 29 heavy (non-hydrogen) atoms. The van der Waals surface area contributed by atoms with Gasteiger partial charge in [0, 0.05) is 0 Å². The second-order valence-corrected chi connectivity index (χ2v) is 9.35. The van der Waals surface area contributed by atoms with Gasteiger partial charge >= 0.3 is 0 Å². The fourth-order valence-corrected chi connectivity index (χ4v) is 4.54. The van der Waals surface area contributed by atoms with E-state index in [0.29, 0.717) is 17.8 Å². The van der Waals surface area contributed by atoms with Crippen molar-refractivity contribution in [3.63, 3.8) is 0 Å². The molecule has 0 heterocycles. The summed E-state index contributed by atoms with van der Waals surface area (Å²) in [5.41, 5.74) is 4.62. The summed E-state index contributed by atoms with van der Waals surface area (Å²) in [5.74, 6) is 1.74. The molecule has 0 radical (unpaired) electrons. The van der Waals surface area contributed by atoms with Gasteiger partial charge in [0.15, 0.2) is 0 Å². The van der Waals surface area contributed by atoms with Crippen LogP contribution in [0.25, 0.3) is 0 Å². The molecule has 0 bridgehead atoms. The second-order valence-electron chi connectivity index (χ2n) is 9.35. The van der Waals surface area contributed by atoms with Crippen molar-refractivity contribution in [2.75, 3.05) is 0 Å². The van der Waals surface area contributed by atoms with Crippen LogP contribution in [-0.2, 0) is 6.42 Å². The van der Waals surface area contributed by atoms with Crippen LogP contribution in [0, 0.1) is 11.3 Å². The molecule has 3 aromatic carbocycles. The van der Waals surface area contributed by atoms with Crippen molar-refractivity contribution in [1.29, 1.82) is 0 Å². The van der Waals surface area contributed by atoms with Gasteiger partial charge in [0.1, 0.15) is 0 Å². The fourth-order valence-electron chi connectivity index (χ4n) is 4.54. The molecule has 0 aliphatic carbocycles. The quantitative estimate of drug-likeness (QED) is 0.348. The molecule has 0 fully saturated rings. The van der Waals surface area contributed by atoms with Gasteiger partial charge in [-0.25, -0.2) is 0 Å². The largest absolute Gasteiger partial charge is 0.0622 e. The molecule has 152 valence electrons. The highest BCUT2D eigenvalue weighted by atomic mass is 14.4. The van der Waals surface area contributed by atoms with E-state index in [1.165, 1.54) is 29.5 Å². The van der Waals surface area contributed by atoms with E-state index in [1.807, 2.05) is 0 Å². The Balaban J connectivity index is 1.78. The number of rotatable bonds is 9. The summed E-state index contributed by atoms with van der Waals surface area (Å²) >= 11 is 0. The SMILES string of the molecule is CC(CC(c1ccccc1)C(C)(C)CCc1ccccc1)C(C)c1ccccc1. The standard InChI is InChI=1S/C29H36/c1-23(24(2)26-16-10-6-11-17-26)22-28(27-18-12-7-13-19-27)29(3,4)21-20-25-14-8-5-9-15-25/h5-19,23-24,28H,20-22H2,1-4H3. The van der Waals surface area contributed by atoms with Gasteiger partial charge in [-0.1, -0.05) is 119 Å². The van der Waals surface area contributed by atoms with E-state index in [2.05, 4.69) is 119 Å². The van der Waals surface area contributed by atoms with Gasteiger partial charge in [-0.3, -0.25) is 0 Å². The normalized spacial score (nSPS) is 14.9. The van der Waals surface area contributed by atoms with Crippen LogP contribution in [0.5, 0.6) is 0 Å². The summed E-state index contributed by atoms with van der Waals surface area (Å²) in [6.07, 6.45) is 3.55. The maximum atomic E-state index is 2.47. The molecule has 3 unspecified atom stereocenters. The lowest BCUT2D eigenvalue weighted by Gasteiger charge is -2.38. The molecule has 3 atom stereocenters. The van der Waals surface area contributed by atoms with Gasteiger partial charge in [-0.2, -0.15) is 0 Å². The van der Waals surface area contributed by atoms with Gasteiger partial charge in [0.05, 0.1) is 0 Å². The van der Waals surface area contributed by atoms with E-state index in [0.717, 1.165) is 6.42 Å². The maximum absolute atomic E-state index is 2.47. The summed E-state index contributed by atoms with van der Waals surface area (Å²) in [4.78, 5) is 0. The lowest BCUT2D eigenvalue weighted by molar-refractivity contribution is 0.221. The predicted molar refractivity (Wildman–Crippen MR) is 126 cm³/mol. The van der Waals surface area contributed by atoms with Crippen LogP contribution in [0.15, 0.2) is 91.0 Å². The summed E-state index contributed by atoms with van der Waals surface area (Å²) in [5, 5.41) is 0. The van der Waals surface area contributed by atoms with E-state index in [4.69, 9.17) is 0 Å². The van der Waals surface area contributed by atoms with Gasteiger partial charge in [-0.15, -0.1) is 0 Å². The van der Waals surface area contributed by atoms with Crippen molar-refractivity contribution in [3.8, 4) is 0 Å². The highest BCUT2D eigenvalue weighted by Crippen LogP contribution is 2.45. The third kappa shape index (κ3) is 5.82. The Hall–Kier alpha value is -2.34. The second kappa shape index (κ2) is 9.92. The maximum Gasteiger partial charge on any atom is -0.0108 e. The van der Waals surface area contributed by atoms with Crippen molar-refractivity contribution >= 4 is 0 Å². The lowest BCUT2D eigenvalue weighted by atomic mass is 9.67. The minimum Gasteiger partial charge on any atom is -0.0622 e. The average molecular weight is 385 g/mol. The molecule has 0 aliphatic rings. The van der Waals surface area contributed by atoms with Crippen LogP contribution >= 0.6 is 0 Å². The summed E-state index contributed by atoms with van der Waals surface area (Å²) < 4.78 is 0. The third-order valence-corrected chi connectivity index (χ3v) is 6.83. The zero-order valence-corrected chi connectivity index (χ0v) is 18.5. The predicted octanol–water partition coefficient (Wildman–Crippen LogP) is 8.26. The zero-order chi connectivity index (χ0) is 20.7. The third-order valence-electron chi connectivity index (χ3n) is 6.83. The Labute approximate surface area is 178 Å². The zero-order valence-electron chi connectivity index (χ0n) is 18.5. The lowest BCUT2D eigenvalue weighted by Crippen LogP contribution is -2.26. The Bertz CT molecular complexity index is 833. The minimum absolute atomic E-state index is 0.238. The summed E-state index contributed by atoms with van der Waals surface area (Å²) in [6.45, 7) is 9.75. The number of hydrogen-bond acceptors (Lipinski definition) is 0. The molecular formula is C29H36. The molecule has 0 saturated carbocycles. The molecule has 3 rings (SSSR count). The number of benzene rings is 3. The first-order valence-corrected chi connectivity index (χ1v) is 11.1. The van der Waals surface area contributed by atoms with Crippen molar-refractivity contribution in [1.82, 2.24) is 0 Å². The number of hydrogen-bond donors (Lipinski definition) is 0. The molecule has 0 N–H and O–H groups in total. The first kappa shape index (κ1) is 21.4. The topological polar surface area (TPSA) is 0 Å². The first-order valence-electron chi connectivity index (χ1n) is 11.1. The van der Waals surface area contributed by atoms with Crippen LogP contribution in [0.1, 0.15) is 69.1 Å². The van der Waals surface area contributed by atoms with Crippen molar-refractivity contribution in [3.05, 3.63) is 108 Å². The van der Waals surface area contributed by atoms with Gasteiger partial charge < -0.3 is 0 Å². The monoisotopic (exact) mass is 384 g/mol. The van der Waals surface area contributed by atoms with Gasteiger partial charge in [0.25, 0.3) is 0 Å². The van der Waals surface area contributed by atoms with E-state index in [-0.39, 0.29) is 5.41 Å². The molecular weight excluding hydrogens is 348 g/mol. The summed E-state index contributed by atoms with van der Waals surface area (Å²) in [7, 11) is 0. The molecule has 0 aromatic heterocycles. The Morgan fingerprint density at radius 2 is 1.14 bits per heavy atom. The average Bonchev–Trinajstić information content (AvgIpc) is 2.77. The molecule has 3 aromatic rings. The molecule has 0 amide bonds. The highest BCUT2D eigenvalue weighted by molar-refractivity contribution is 5.24. The fraction of sp³-hybridized carbons (Fsp3) is 0.379. The smallest absolute Gasteiger partial charge is 0.0108 e. The van der Waals surface area contributed by atoms with Gasteiger partial charge in [-0.05, 0) is 59.1 Å². The van der Waals surface area contributed by atoms with Crippen molar-refractivity contribution in [2.45, 2.75) is 58.8 Å². The van der Waals surface area contributed by atoms with Crippen LogP contribution < -0.4 is 0 Å². The van der Waals surface area contributed by atoms with E-state index >= 15 is 0 Å². The molecule has 0 saturated heterocycles. The van der Waals surface area contributed by atoms with E-state index in [1.54, 1.807) is 0 Å². The Morgan fingerprint density at radius 1 is 0.655 bits per heavy atom. The van der Waals surface area contributed by atoms with Crippen LogP contribution in [0.3, 0.4) is 0 Å². The Kier molecular flexibility index (Phi) is 7.31. The molecule has 0 nitrogen and oxygen atoms in total. The van der Waals surface area contributed by atoms with Crippen LogP contribution in [0.4, 0.5) is 0 Å². The molecule has 0 spiro atoms. The van der Waals surface area contributed by atoms with Crippen LogP contribution in [0.2, 0.25) is 0 Å². The highest BCUT2D eigenvalue weighted by Gasteiger charge is 2.32. The minimum atomic E-state index is 0.238.